The van der Waals surface area contributed by atoms with Gasteiger partial charge in [-0.1, -0.05) is 100 Å². The summed E-state index contributed by atoms with van der Waals surface area (Å²) in [5, 5.41) is 1.76. The van der Waals surface area contributed by atoms with E-state index >= 15 is 0 Å². The molecule has 1 aliphatic rings. The van der Waals surface area contributed by atoms with E-state index in [0.29, 0.717) is 40.8 Å². The zero-order valence-electron chi connectivity index (χ0n) is 38.3. The van der Waals surface area contributed by atoms with Crippen molar-refractivity contribution in [2.75, 3.05) is 0 Å². The van der Waals surface area contributed by atoms with Gasteiger partial charge >= 0.3 is 0 Å². The smallest absolute Gasteiger partial charge is 0.120 e. The van der Waals surface area contributed by atoms with Crippen LogP contribution in [-0.2, 0) is 25.5 Å². The van der Waals surface area contributed by atoms with Crippen LogP contribution in [0.5, 0.6) is 0 Å². The number of hydrogen-bond donors (Lipinski definition) is 0. The van der Waals surface area contributed by atoms with Crippen LogP contribution in [0, 0.1) is 31.3 Å². The van der Waals surface area contributed by atoms with Gasteiger partial charge in [0.1, 0.15) is 5.58 Å². The van der Waals surface area contributed by atoms with Crippen molar-refractivity contribution in [3.63, 3.8) is 0 Å². The van der Waals surface area contributed by atoms with E-state index in [1.807, 2.05) is 60.8 Å². The molecule has 3 aromatic heterocycles. The van der Waals surface area contributed by atoms with Crippen LogP contribution >= 0.6 is 0 Å². The number of aryl methyl sites for hydroxylation is 2. The zero-order valence-corrected chi connectivity index (χ0v) is 32.7. The van der Waals surface area contributed by atoms with Gasteiger partial charge in [0.2, 0.25) is 0 Å². The predicted octanol–water partition coefficient (Wildman–Crippen LogP) is 13.3. The molecule has 0 bridgehead atoms. The molecule has 0 atom stereocenters. The van der Waals surface area contributed by atoms with Gasteiger partial charge in [-0.3, -0.25) is 0 Å². The Labute approximate surface area is 334 Å². The second-order valence-corrected chi connectivity index (χ2v) is 15.2. The molecule has 0 aliphatic heterocycles. The summed E-state index contributed by atoms with van der Waals surface area (Å²) in [6.07, 6.45) is 5.92. The Bertz CT molecular complexity index is 2620. The number of pyridine rings is 2. The second kappa shape index (κ2) is 15.3. The minimum atomic E-state index is -2.66. The van der Waals surface area contributed by atoms with Gasteiger partial charge in [0.15, 0.2) is 0 Å². The third kappa shape index (κ3) is 7.99. The molecular formula is C48H48IrN2O-2. The summed E-state index contributed by atoms with van der Waals surface area (Å²) in [5.74, 6) is -1.02. The summed E-state index contributed by atoms with van der Waals surface area (Å²) < 4.78 is 74.5. The fourth-order valence-electron chi connectivity index (χ4n) is 6.67. The number of aromatic nitrogens is 2. The first kappa shape index (κ1) is 28.2. The van der Waals surface area contributed by atoms with E-state index in [4.69, 9.17) is 14.0 Å². The monoisotopic (exact) mass is 869 g/mol. The number of furan rings is 1. The summed E-state index contributed by atoms with van der Waals surface area (Å²) in [7, 11) is 0. The predicted molar refractivity (Wildman–Crippen MR) is 213 cm³/mol. The molecule has 0 saturated heterocycles. The summed E-state index contributed by atoms with van der Waals surface area (Å²) >= 11 is 0. The molecule has 267 valence electrons. The number of benzene rings is 4. The van der Waals surface area contributed by atoms with Crippen LogP contribution in [0.15, 0.2) is 114 Å². The molecule has 1 aliphatic carbocycles. The summed E-state index contributed by atoms with van der Waals surface area (Å²) in [6, 6.07) is 34.1. The Morgan fingerprint density at radius 3 is 2.29 bits per heavy atom. The van der Waals surface area contributed by atoms with Crippen molar-refractivity contribution in [1.82, 2.24) is 9.97 Å². The fraction of sp³-hybridized carbons (Fsp3) is 0.292. The molecule has 1 fully saturated rings. The van der Waals surface area contributed by atoms with Crippen molar-refractivity contribution in [2.45, 2.75) is 85.3 Å². The molecule has 0 unspecified atom stereocenters. The maximum atomic E-state index is 9.24. The topological polar surface area (TPSA) is 38.9 Å². The van der Waals surface area contributed by atoms with Crippen LogP contribution in [0.4, 0.5) is 0 Å². The first-order chi connectivity index (χ1) is 27.6. The van der Waals surface area contributed by atoms with E-state index in [2.05, 4.69) is 68.9 Å². The molecule has 3 nitrogen and oxygen atoms in total. The molecule has 0 spiro atoms. The van der Waals surface area contributed by atoms with Gasteiger partial charge in [-0.05, 0) is 107 Å². The van der Waals surface area contributed by atoms with Gasteiger partial charge in [-0.2, -0.15) is 0 Å². The van der Waals surface area contributed by atoms with Gasteiger partial charge in [-0.25, -0.2) is 0 Å². The summed E-state index contributed by atoms with van der Waals surface area (Å²) in [5.41, 5.74) is 5.89. The van der Waals surface area contributed by atoms with Crippen LogP contribution in [0.25, 0.3) is 55.6 Å². The maximum absolute atomic E-state index is 9.24. The maximum Gasteiger partial charge on any atom is 0.120 e. The first-order valence-electron chi connectivity index (χ1n) is 21.6. The van der Waals surface area contributed by atoms with Gasteiger partial charge in [0.25, 0.3) is 0 Å². The van der Waals surface area contributed by atoms with E-state index in [1.54, 1.807) is 12.1 Å². The van der Waals surface area contributed by atoms with Crippen LogP contribution in [-0.4, -0.2) is 9.97 Å². The van der Waals surface area contributed by atoms with Crippen molar-refractivity contribution < 1.29 is 35.5 Å². The van der Waals surface area contributed by atoms with Crippen molar-refractivity contribution in [1.29, 1.82) is 0 Å². The number of para-hydroxylation sites is 1. The minimum absolute atomic E-state index is 0. The van der Waals surface area contributed by atoms with Crippen LogP contribution < -0.4 is 0 Å². The molecule has 7 aromatic rings. The van der Waals surface area contributed by atoms with Gasteiger partial charge in [-0.15, -0.1) is 54.1 Å². The summed E-state index contributed by atoms with van der Waals surface area (Å²) in [4.78, 5) is 8.96. The van der Waals surface area contributed by atoms with Crippen molar-refractivity contribution in [2.24, 2.45) is 5.41 Å². The summed E-state index contributed by atoms with van der Waals surface area (Å²) in [6.45, 7) is 5.62. The SMILES string of the molecule is CC(C)(C)c1ccc(-c2[c-]cccc2)nc1.[2H]c1cc(C2([2H])CCC(C)(C)CC2)cc(C([2H])([2H])[2H])c1-c1cc(-c2[c-]ccc3c2oc2ccccc23)ncc1C([2H])([2H])[2H].[Ir]. The van der Waals surface area contributed by atoms with Crippen molar-refractivity contribution >= 4 is 21.9 Å². The standard InChI is InChI=1S/C33H32NO.C15H16N.Ir/c1-21-18-24(23-14-16-33(3,4)17-15-23)12-13-25(21)29-19-30(34-20-22(29)2)28-10-7-9-27-26-8-5-6-11-31(26)35-32(27)28;1-15(2,3)13-9-10-14(16-11-13)12-7-5-4-6-8-12;/h5-9,11-13,18-20,23H,14-17H2,1-4H3;4-7,9-11H,1-3H3;/q2*-1;/i1D3,2D3,13D,23D;;. The van der Waals surface area contributed by atoms with Gasteiger partial charge < -0.3 is 14.4 Å². The Balaban J connectivity index is 0.000000298. The molecule has 1 radical (unpaired) electrons. The van der Waals surface area contributed by atoms with Gasteiger partial charge in [0.05, 0.1) is 6.95 Å². The minimum Gasteiger partial charge on any atom is -0.501 e. The van der Waals surface area contributed by atoms with Crippen LogP contribution in [0.1, 0.15) is 99.4 Å². The number of hydrogen-bond acceptors (Lipinski definition) is 3. The molecule has 1 saturated carbocycles. The Morgan fingerprint density at radius 1 is 0.808 bits per heavy atom. The molecule has 3 heterocycles. The molecule has 52 heavy (non-hydrogen) atoms. The van der Waals surface area contributed by atoms with E-state index in [9.17, 15) is 1.37 Å². The van der Waals surface area contributed by atoms with E-state index in [-0.39, 0.29) is 59.2 Å². The number of rotatable bonds is 4. The molecule has 4 heteroatoms. The Hall–Kier alpha value is -4.37. The van der Waals surface area contributed by atoms with E-state index in [1.165, 1.54) is 23.9 Å². The van der Waals surface area contributed by atoms with Gasteiger partial charge in [0, 0.05) is 47.5 Å². The Morgan fingerprint density at radius 2 is 1.58 bits per heavy atom. The third-order valence-corrected chi connectivity index (χ3v) is 9.94. The largest absolute Gasteiger partial charge is 0.501 e. The molecule has 0 N–H and O–H groups in total. The van der Waals surface area contributed by atoms with Crippen LogP contribution in [0.2, 0.25) is 0 Å². The molecule has 8 rings (SSSR count). The average Bonchev–Trinajstić information content (AvgIpc) is 3.57. The Kier molecular flexibility index (Phi) is 8.30. The molecular weight excluding hydrogens is 813 g/mol. The fourth-order valence-corrected chi connectivity index (χ4v) is 6.67. The van der Waals surface area contributed by atoms with E-state index < -0.39 is 19.6 Å². The third-order valence-electron chi connectivity index (χ3n) is 9.94. The quantitative estimate of drug-likeness (QED) is 0.165. The normalized spacial score (nSPS) is 17.8. The molecule has 4 aromatic carbocycles. The number of nitrogens with zero attached hydrogens (tertiary/aromatic N) is 2. The number of fused-ring (bicyclic) bond motifs is 3. The first-order valence-corrected chi connectivity index (χ1v) is 17.6. The van der Waals surface area contributed by atoms with Crippen molar-refractivity contribution in [3.05, 3.63) is 144 Å². The van der Waals surface area contributed by atoms with Crippen LogP contribution in [0.3, 0.4) is 0 Å². The van der Waals surface area contributed by atoms with E-state index in [0.717, 1.165) is 34.9 Å². The van der Waals surface area contributed by atoms with Crippen molar-refractivity contribution in [3.8, 4) is 33.6 Å². The average molecular weight is 869 g/mol. The zero-order chi connectivity index (χ0) is 42.5. The second-order valence-electron chi connectivity index (χ2n) is 15.2. The molecule has 0 amide bonds.